The average molecular weight is 491 g/mol. The Hall–Kier alpha value is -3.41. The second-order valence-corrected chi connectivity index (χ2v) is 9.08. The number of aromatic nitrogens is 4. The van der Waals surface area contributed by atoms with E-state index in [1.807, 2.05) is 48.7 Å². The van der Waals surface area contributed by atoms with Crippen molar-refractivity contribution in [1.29, 1.82) is 0 Å². The Bertz CT molecular complexity index is 1340. The lowest BCUT2D eigenvalue weighted by Gasteiger charge is -2.33. The fourth-order valence-corrected chi connectivity index (χ4v) is 4.52. The van der Waals surface area contributed by atoms with Crippen molar-refractivity contribution in [2.75, 3.05) is 6.54 Å². The molecular formula is C23H23N7O2P2. The van der Waals surface area contributed by atoms with Gasteiger partial charge >= 0.3 is 11.8 Å². The van der Waals surface area contributed by atoms with E-state index in [2.05, 4.69) is 50.5 Å². The van der Waals surface area contributed by atoms with Gasteiger partial charge in [0.2, 0.25) is 5.89 Å². The Labute approximate surface area is 201 Å². The van der Waals surface area contributed by atoms with Crippen LogP contribution in [0.1, 0.15) is 34.5 Å². The Morgan fingerprint density at radius 3 is 3.00 bits per heavy atom. The SMILES string of the molecule is C=NN1C=CC=C/C1=C/C[C@H]1c2nc[nH]c2CCN1C(=O)c1nnc(-c2ccc(P)c(P)c2)o1. The predicted molar refractivity (Wildman–Crippen MR) is 137 cm³/mol. The number of benzene rings is 1. The lowest BCUT2D eigenvalue weighted by molar-refractivity contribution is 0.0616. The van der Waals surface area contributed by atoms with Crippen molar-refractivity contribution < 1.29 is 9.21 Å². The van der Waals surface area contributed by atoms with Crippen molar-refractivity contribution in [2.24, 2.45) is 5.10 Å². The van der Waals surface area contributed by atoms with E-state index in [-0.39, 0.29) is 17.8 Å². The standard InChI is InChI=1S/C23H23N7O2P2/c1-24-30-10-3-2-4-15(30)6-7-17-20-16(25-13-26-20)9-11-29(17)23(31)22-28-27-21(32-22)14-5-8-18(33)19(34)12-14/h2-6,8,10,12-13,17H,1,7,9,11,33-34H2,(H,25,26)/b15-6-/t17-/m0/s1. The Morgan fingerprint density at radius 1 is 1.29 bits per heavy atom. The van der Waals surface area contributed by atoms with Gasteiger partial charge in [0.1, 0.15) is 0 Å². The van der Waals surface area contributed by atoms with E-state index in [0.29, 0.717) is 25.3 Å². The largest absolute Gasteiger partial charge is 0.412 e. The van der Waals surface area contributed by atoms with Gasteiger partial charge in [-0.2, -0.15) is 5.10 Å². The van der Waals surface area contributed by atoms with E-state index in [1.54, 1.807) is 16.2 Å². The van der Waals surface area contributed by atoms with Crippen LogP contribution in [0.3, 0.4) is 0 Å². The van der Waals surface area contributed by atoms with Gasteiger partial charge in [-0.05, 0) is 41.3 Å². The number of allylic oxidation sites excluding steroid dienone is 3. The number of aromatic amines is 1. The van der Waals surface area contributed by atoms with Gasteiger partial charge < -0.3 is 14.3 Å². The zero-order valence-electron chi connectivity index (χ0n) is 18.3. The molecule has 9 nitrogen and oxygen atoms in total. The first-order chi connectivity index (χ1) is 16.5. The zero-order chi connectivity index (χ0) is 23.7. The van der Waals surface area contributed by atoms with Crippen molar-refractivity contribution in [2.45, 2.75) is 18.9 Å². The average Bonchev–Trinajstić information content (AvgIpc) is 3.54. The van der Waals surface area contributed by atoms with Crippen molar-refractivity contribution in [3.8, 4) is 11.5 Å². The molecule has 34 heavy (non-hydrogen) atoms. The molecule has 0 radical (unpaired) electrons. The van der Waals surface area contributed by atoms with Crippen LogP contribution >= 0.6 is 18.5 Å². The summed E-state index contributed by atoms with van der Waals surface area (Å²) in [5.74, 6) is -0.0517. The predicted octanol–water partition coefficient (Wildman–Crippen LogP) is 2.48. The van der Waals surface area contributed by atoms with Crippen LogP contribution in [-0.4, -0.2) is 49.2 Å². The first kappa shape index (κ1) is 22.4. The number of hydrogen-bond acceptors (Lipinski definition) is 7. The molecule has 2 aliphatic heterocycles. The van der Waals surface area contributed by atoms with Gasteiger partial charge in [-0.3, -0.25) is 4.79 Å². The summed E-state index contributed by atoms with van der Waals surface area (Å²) in [4.78, 5) is 22.9. The summed E-state index contributed by atoms with van der Waals surface area (Å²) in [5, 5.41) is 15.9. The molecule has 2 aliphatic rings. The molecule has 2 unspecified atom stereocenters. The number of amides is 1. The van der Waals surface area contributed by atoms with Crippen LogP contribution in [0.25, 0.3) is 11.5 Å². The smallest absolute Gasteiger partial charge is 0.312 e. The lowest BCUT2D eigenvalue weighted by Crippen LogP contribution is -2.40. The third-order valence-electron chi connectivity index (χ3n) is 5.82. The fourth-order valence-electron chi connectivity index (χ4n) is 4.06. The third kappa shape index (κ3) is 4.25. The Morgan fingerprint density at radius 2 is 2.18 bits per heavy atom. The number of nitrogens with one attached hydrogen (secondary N) is 1. The number of H-pyrrole nitrogens is 1. The summed E-state index contributed by atoms with van der Waals surface area (Å²) in [6, 6.07) is 5.46. The highest BCUT2D eigenvalue weighted by atomic mass is 31.0. The maximum atomic E-state index is 13.5. The summed E-state index contributed by atoms with van der Waals surface area (Å²) >= 11 is 0. The number of carbonyl (C=O) groups excluding carboxylic acids is 1. The number of hydrazone groups is 1. The van der Waals surface area contributed by atoms with Gasteiger partial charge in [0.05, 0.1) is 23.8 Å². The first-order valence-corrected chi connectivity index (χ1v) is 11.8. The van der Waals surface area contributed by atoms with Crippen molar-refractivity contribution in [1.82, 2.24) is 30.1 Å². The van der Waals surface area contributed by atoms with Gasteiger partial charge in [-0.15, -0.1) is 28.7 Å². The van der Waals surface area contributed by atoms with E-state index >= 15 is 0 Å². The summed E-state index contributed by atoms with van der Waals surface area (Å²) in [7, 11) is 5.33. The number of rotatable bonds is 5. The number of fused-ring (bicyclic) bond motifs is 1. The van der Waals surface area contributed by atoms with Gasteiger partial charge in [-0.1, -0.05) is 18.2 Å². The van der Waals surface area contributed by atoms with Crippen LogP contribution in [0.15, 0.2) is 70.2 Å². The molecular weight excluding hydrogens is 468 g/mol. The Kier molecular flexibility index (Phi) is 6.22. The summed E-state index contributed by atoms with van der Waals surface area (Å²) < 4.78 is 5.80. The van der Waals surface area contributed by atoms with Gasteiger partial charge in [0.25, 0.3) is 0 Å². The normalized spacial score (nSPS) is 18.4. The second-order valence-electron chi connectivity index (χ2n) is 7.84. The minimum absolute atomic E-state index is 0.0400. The van der Waals surface area contributed by atoms with Crippen molar-refractivity contribution in [3.05, 3.63) is 78.0 Å². The molecule has 0 bridgehead atoms. The number of carbonyl (C=O) groups is 1. The highest BCUT2D eigenvalue weighted by Gasteiger charge is 2.35. The molecule has 0 spiro atoms. The van der Waals surface area contributed by atoms with E-state index < -0.39 is 0 Å². The highest BCUT2D eigenvalue weighted by molar-refractivity contribution is 7.35. The maximum absolute atomic E-state index is 13.5. The minimum atomic E-state index is -0.317. The minimum Gasteiger partial charge on any atom is -0.412 e. The number of hydrogen-bond donors (Lipinski definition) is 1. The van der Waals surface area contributed by atoms with Crippen molar-refractivity contribution in [3.63, 3.8) is 0 Å². The second kappa shape index (κ2) is 9.45. The highest BCUT2D eigenvalue weighted by Crippen LogP contribution is 2.33. The molecule has 3 aromatic rings. The summed E-state index contributed by atoms with van der Waals surface area (Å²) in [5.41, 5.74) is 3.50. The van der Waals surface area contributed by atoms with Gasteiger partial charge in [-0.25, -0.2) is 9.99 Å². The molecule has 172 valence electrons. The number of imidazole rings is 1. The molecule has 0 fully saturated rings. The summed E-state index contributed by atoms with van der Waals surface area (Å²) in [6.07, 6.45) is 12.5. The quantitative estimate of drug-likeness (QED) is 0.435. The van der Waals surface area contributed by atoms with Gasteiger partial charge in [0, 0.05) is 37.1 Å². The Balaban J connectivity index is 1.42. The lowest BCUT2D eigenvalue weighted by atomic mass is 9.99. The molecule has 0 aliphatic carbocycles. The van der Waals surface area contributed by atoms with E-state index in [1.165, 1.54) is 0 Å². The van der Waals surface area contributed by atoms with Crippen LogP contribution in [-0.2, 0) is 6.42 Å². The summed E-state index contributed by atoms with van der Waals surface area (Å²) in [6.45, 7) is 4.13. The maximum Gasteiger partial charge on any atom is 0.312 e. The molecule has 1 amide bonds. The third-order valence-corrected chi connectivity index (χ3v) is 7.18. The van der Waals surface area contributed by atoms with Crippen molar-refractivity contribution >= 4 is 41.7 Å². The van der Waals surface area contributed by atoms with Crippen LogP contribution in [0, 0.1) is 0 Å². The van der Waals surface area contributed by atoms with Crippen LogP contribution < -0.4 is 10.6 Å². The molecule has 3 atom stereocenters. The molecule has 0 saturated heterocycles. The monoisotopic (exact) mass is 491 g/mol. The van der Waals surface area contributed by atoms with E-state index in [0.717, 1.165) is 33.3 Å². The van der Waals surface area contributed by atoms with E-state index in [9.17, 15) is 4.79 Å². The van der Waals surface area contributed by atoms with Crippen LogP contribution in [0.2, 0.25) is 0 Å². The van der Waals surface area contributed by atoms with Crippen LogP contribution in [0.4, 0.5) is 0 Å². The molecule has 0 saturated carbocycles. The number of nitrogens with zero attached hydrogens (tertiary/aromatic N) is 6. The van der Waals surface area contributed by atoms with Crippen LogP contribution in [0.5, 0.6) is 0 Å². The molecule has 2 aromatic heterocycles. The molecule has 1 N–H and O–H groups in total. The zero-order valence-corrected chi connectivity index (χ0v) is 20.6. The molecule has 5 rings (SSSR count). The molecule has 11 heteroatoms. The molecule has 1 aromatic carbocycles. The van der Waals surface area contributed by atoms with E-state index in [4.69, 9.17) is 4.42 Å². The molecule has 4 heterocycles. The van der Waals surface area contributed by atoms with Gasteiger partial charge in [0.15, 0.2) is 0 Å². The fraction of sp³-hybridized carbons (Fsp3) is 0.174. The first-order valence-electron chi connectivity index (χ1n) is 10.7. The topological polar surface area (TPSA) is 104 Å².